The number of hydrogen-bond acceptors (Lipinski definition) is 9. The van der Waals surface area contributed by atoms with Gasteiger partial charge in [0.15, 0.2) is 0 Å². The Morgan fingerprint density at radius 2 is 1.94 bits per heavy atom. The Bertz CT molecular complexity index is 1850. The topological polar surface area (TPSA) is 150 Å². The Morgan fingerprint density at radius 1 is 1.18 bits per heavy atom. The normalized spacial score (nSPS) is 20.6. The van der Waals surface area contributed by atoms with Crippen molar-refractivity contribution in [2.24, 2.45) is 5.73 Å². The molecule has 12 nitrogen and oxygen atoms in total. The first kappa shape index (κ1) is 34.5. The number of likely N-dealkylation sites (tertiary alicyclic amines) is 1. The molecule has 0 radical (unpaired) electrons. The summed E-state index contributed by atoms with van der Waals surface area (Å²) < 4.78 is 55.6. The highest BCUT2D eigenvalue weighted by Crippen LogP contribution is 2.46. The summed E-state index contributed by atoms with van der Waals surface area (Å²) in [6, 6.07) is 7.42. The van der Waals surface area contributed by atoms with E-state index in [0.717, 1.165) is 47.2 Å². The molecule has 49 heavy (non-hydrogen) atoms. The Balaban J connectivity index is 1.08. The minimum atomic E-state index is -4.74. The fourth-order valence-corrected chi connectivity index (χ4v) is 7.36. The quantitative estimate of drug-likeness (QED) is 0.151. The number of fused-ring (bicyclic) bond motifs is 1. The first-order chi connectivity index (χ1) is 23.2. The van der Waals surface area contributed by atoms with Crippen LogP contribution in [0.2, 0.25) is 25.7 Å². The van der Waals surface area contributed by atoms with Crippen LogP contribution in [0.4, 0.5) is 13.2 Å². The van der Waals surface area contributed by atoms with Crippen molar-refractivity contribution >= 4 is 25.0 Å². The predicted molar refractivity (Wildman–Crippen MR) is 177 cm³/mol. The fourth-order valence-electron chi connectivity index (χ4n) is 6.60. The summed E-state index contributed by atoms with van der Waals surface area (Å²) in [6.45, 7) is 9.43. The van der Waals surface area contributed by atoms with E-state index in [4.69, 9.17) is 20.3 Å². The molecule has 1 saturated carbocycles. The van der Waals surface area contributed by atoms with E-state index < -0.39 is 31.4 Å². The van der Waals surface area contributed by atoms with Crippen LogP contribution in [0.1, 0.15) is 48.2 Å². The molecule has 2 fully saturated rings. The maximum Gasteiger partial charge on any atom is 0.433 e. The summed E-state index contributed by atoms with van der Waals surface area (Å²) >= 11 is 0. The minimum absolute atomic E-state index is 0.218. The number of nitrogens with two attached hydrogens (primary N) is 1. The number of hydrogen-bond donors (Lipinski definition) is 1. The largest absolute Gasteiger partial charge is 0.474 e. The van der Waals surface area contributed by atoms with Gasteiger partial charge in [-0.05, 0) is 43.9 Å². The molecule has 5 heterocycles. The van der Waals surface area contributed by atoms with E-state index in [1.807, 2.05) is 27.7 Å². The molecule has 2 N–H and O–H groups in total. The van der Waals surface area contributed by atoms with E-state index in [9.17, 15) is 23.2 Å². The number of nitriles is 1. The average molecular weight is 696 g/mol. The Morgan fingerprint density at radius 3 is 2.61 bits per heavy atom. The van der Waals surface area contributed by atoms with Gasteiger partial charge in [-0.1, -0.05) is 19.6 Å². The van der Waals surface area contributed by atoms with Gasteiger partial charge < -0.3 is 19.8 Å². The third kappa shape index (κ3) is 7.63. The molecule has 1 amide bonds. The van der Waals surface area contributed by atoms with Gasteiger partial charge in [-0.2, -0.15) is 23.5 Å². The smallest absolute Gasteiger partial charge is 0.433 e. The molecule has 6 rings (SSSR count). The lowest BCUT2D eigenvalue weighted by molar-refractivity contribution is -0.141. The second-order valence-corrected chi connectivity index (χ2v) is 19.8. The molecule has 1 aliphatic heterocycles. The van der Waals surface area contributed by atoms with Crippen molar-refractivity contribution in [1.29, 1.82) is 5.26 Å². The van der Waals surface area contributed by atoms with Crippen LogP contribution in [0.3, 0.4) is 0 Å². The molecule has 1 aliphatic carbocycles. The third-order valence-electron chi connectivity index (χ3n) is 9.42. The van der Waals surface area contributed by atoms with E-state index in [2.05, 4.69) is 45.6 Å². The van der Waals surface area contributed by atoms with E-state index in [-0.39, 0.29) is 23.6 Å². The van der Waals surface area contributed by atoms with E-state index in [1.165, 1.54) is 0 Å². The molecule has 4 aromatic heterocycles. The molecule has 0 bridgehead atoms. The molecular formula is C33H40F3N9O3Si. The number of halogens is 3. The minimum Gasteiger partial charge on any atom is -0.474 e. The molecule has 2 aliphatic rings. The van der Waals surface area contributed by atoms with Crippen LogP contribution < -0.4 is 10.5 Å². The standard InChI is InChI=1S/C33H40F3N9O3Si/c1-49(2,3)13-12-47-21-44-11-6-26-29(39-20-40-31(26)44)23-18-41-45(19-23)32(7-8-37)16-24(17-32)43-9-4-25(5-10-43)48-28-15-22(30(38)46)14-27(42-28)33(34,35)36/h6,11,14-15,18-20,24-25H,4-5,7,9-10,12-13,16-17,21H2,1-3H3,(H2,38,46). The lowest BCUT2D eigenvalue weighted by Crippen LogP contribution is -2.58. The Kier molecular flexibility index (Phi) is 9.53. The van der Waals surface area contributed by atoms with Gasteiger partial charge in [0.2, 0.25) is 11.8 Å². The Hall–Kier alpha value is -4.33. The zero-order chi connectivity index (χ0) is 35.0. The van der Waals surface area contributed by atoms with Crippen molar-refractivity contribution in [2.45, 2.75) is 88.4 Å². The third-order valence-corrected chi connectivity index (χ3v) is 11.1. The van der Waals surface area contributed by atoms with E-state index >= 15 is 0 Å². The van der Waals surface area contributed by atoms with Gasteiger partial charge in [-0.3, -0.25) is 14.4 Å². The maximum atomic E-state index is 13.3. The summed E-state index contributed by atoms with van der Waals surface area (Å²) in [5.41, 5.74) is 5.64. The van der Waals surface area contributed by atoms with Crippen molar-refractivity contribution < 1.29 is 27.4 Å². The van der Waals surface area contributed by atoms with Crippen LogP contribution in [0.5, 0.6) is 5.88 Å². The van der Waals surface area contributed by atoms with Crippen LogP contribution in [-0.2, 0) is 23.2 Å². The molecule has 16 heteroatoms. The van der Waals surface area contributed by atoms with Gasteiger partial charge in [0.1, 0.15) is 30.5 Å². The van der Waals surface area contributed by atoms with Gasteiger partial charge in [0.05, 0.1) is 29.9 Å². The first-order valence-corrected chi connectivity index (χ1v) is 20.1. The zero-order valence-electron chi connectivity index (χ0n) is 27.8. The van der Waals surface area contributed by atoms with E-state index in [1.54, 1.807) is 12.5 Å². The number of nitrogens with zero attached hydrogens (tertiary/aromatic N) is 8. The lowest BCUT2D eigenvalue weighted by Gasteiger charge is -2.52. The zero-order valence-corrected chi connectivity index (χ0v) is 28.8. The number of aromatic nitrogens is 6. The van der Waals surface area contributed by atoms with Crippen molar-refractivity contribution in [1.82, 2.24) is 34.2 Å². The molecule has 1 saturated heterocycles. The number of ether oxygens (including phenoxy) is 2. The number of carbonyl (C=O) groups is 1. The molecule has 0 spiro atoms. The van der Waals surface area contributed by atoms with Gasteiger partial charge >= 0.3 is 6.18 Å². The maximum absolute atomic E-state index is 13.3. The number of amides is 1. The highest BCUT2D eigenvalue weighted by atomic mass is 28.3. The number of pyridine rings is 1. The molecule has 0 aromatic carbocycles. The highest BCUT2D eigenvalue weighted by molar-refractivity contribution is 6.76. The summed E-state index contributed by atoms with van der Waals surface area (Å²) in [5, 5.41) is 15.4. The van der Waals surface area contributed by atoms with Gasteiger partial charge in [0.25, 0.3) is 0 Å². The van der Waals surface area contributed by atoms with Gasteiger partial charge in [-0.15, -0.1) is 0 Å². The van der Waals surface area contributed by atoms with E-state index in [0.29, 0.717) is 51.8 Å². The van der Waals surface area contributed by atoms with Crippen LogP contribution in [-0.4, -0.2) is 80.0 Å². The molecule has 0 unspecified atom stereocenters. The summed E-state index contributed by atoms with van der Waals surface area (Å²) in [6.07, 6.45) is 5.06. The molecule has 260 valence electrons. The summed E-state index contributed by atoms with van der Waals surface area (Å²) in [4.78, 5) is 26.6. The number of primary amides is 1. The predicted octanol–water partition coefficient (Wildman–Crippen LogP) is 5.43. The van der Waals surface area contributed by atoms with Crippen molar-refractivity contribution in [3.8, 4) is 23.2 Å². The first-order valence-electron chi connectivity index (χ1n) is 16.3. The van der Waals surface area contributed by atoms with Crippen molar-refractivity contribution in [3.05, 3.63) is 54.4 Å². The summed E-state index contributed by atoms with van der Waals surface area (Å²) in [7, 11) is -1.19. The van der Waals surface area contributed by atoms with Gasteiger partial charge in [-0.25, -0.2) is 15.0 Å². The molecule has 4 aromatic rings. The Labute approximate surface area is 283 Å². The molecule has 0 atom stereocenters. The number of alkyl halides is 3. The van der Waals surface area contributed by atoms with Crippen LogP contribution in [0, 0.1) is 11.3 Å². The van der Waals surface area contributed by atoms with Crippen LogP contribution in [0.15, 0.2) is 43.1 Å². The van der Waals surface area contributed by atoms with Crippen LogP contribution in [0.25, 0.3) is 22.3 Å². The van der Waals surface area contributed by atoms with Crippen molar-refractivity contribution in [3.63, 3.8) is 0 Å². The SMILES string of the molecule is C[Si](C)(C)CCOCn1ccc2c(-c3cnn(C4(CC#N)CC(N5CCC(Oc6cc(C(N)=O)cc(C(F)(F)F)n6)CC5)C4)c3)ncnc21. The van der Waals surface area contributed by atoms with Crippen molar-refractivity contribution in [2.75, 3.05) is 19.7 Å². The second-order valence-electron chi connectivity index (χ2n) is 14.2. The lowest BCUT2D eigenvalue weighted by atomic mass is 9.69. The monoisotopic (exact) mass is 695 g/mol. The molecular weight excluding hydrogens is 656 g/mol. The fraction of sp³-hybridized carbons (Fsp3) is 0.515. The number of carbonyl (C=O) groups excluding carboxylic acids is 1. The number of rotatable bonds is 12. The second kappa shape index (κ2) is 13.5. The summed E-state index contributed by atoms with van der Waals surface area (Å²) in [5.74, 6) is -1.25. The van der Waals surface area contributed by atoms with Crippen LogP contribution >= 0.6 is 0 Å². The van der Waals surface area contributed by atoms with Gasteiger partial charge in [0, 0.05) is 68.8 Å². The number of piperidine rings is 1. The average Bonchev–Trinajstić information content (AvgIpc) is 3.68. The highest BCUT2D eigenvalue weighted by Gasteiger charge is 2.49.